The van der Waals surface area contributed by atoms with Crippen LogP contribution in [0.2, 0.25) is 0 Å². The van der Waals surface area contributed by atoms with Crippen LogP contribution in [0.5, 0.6) is 0 Å². The SMILES string of the molecule is NNc1ccc(S(=O)(=O)NCCC2CCCC2)cc1. The summed E-state index contributed by atoms with van der Waals surface area (Å²) in [5.74, 6) is 5.93. The normalized spacial score (nSPS) is 16.7. The molecule has 0 saturated heterocycles. The minimum atomic E-state index is -3.40. The lowest BCUT2D eigenvalue weighted by atomic mass is 10.1. The van der Waals surface area contributed by atoms with Crippen LogP contribution in [0.25, 0.3) is 0 Å². The first-order chi connectivity index (χ1) is 9.12. The minimum absolute atomic E-state index is 0.276. The third-order valence-electron chi connectivity index (χ3n) is 3.65. The molecular formula is C13H21N3O2S. The molecule has 1 aromatic rings. The Labute approximate surface area is 114 Å². The molecule has 0 aliphatic heterocycles. The van der Waals surface area contributed by atoms with Gasteiger partial charge in [-0.2, -0.15) is 0 Å². The largest absolute Gasteiger partial charge is 0.324 e. The first-order valence-electron chi connectivity index (χ1n) is 6.68. The van der Waals surface area contributed by atoms with Crippen LogP contribution in [0.3, 0.4) is 0 Å². The predicted molar refractivity (Wildman–Crippen MR) is 76.0 cm³/mol. The van der Waals surface area contributed by atoms with Gasteiger partial charge >= 0.3 is 0 Å². The Morgan fingerprint density at radius 1 is 1.16 bits per heavy atom. The highest BCUT2D eigenvalue weighted by atomic mass is 32.2. The van der Waals surface area contributed by atoms with Gasteiger partial charge in [-0.15, -0.1) is 0 Å². The summed E-state index contributed by atoms with van der Waals surface area (Å²) in [6.45, 7) is 0.518. The van der Waals surface area contributed by atoms with Crippen LogP contribution < -0.4 is 16.0 Å². The first-order valence-corrected chi connectivity index (χ1v) is 8.16. The molecular weight excluding hydrogens is 262 g/mol. The summed E-state index contributed by atoms with van der Waals surface area (Å²) in [6, 6.07) is 6.39. The average Bonchev–Trinajstić information content (AvgIpc) is 2.92. The Balaban J connectivity index is 1.89. The van der Waals surface area contributed by atoms with Gasteiger partial charge in [-0.05, 0) is 36.6 Å². The molecule has 19 heavy (non-hydrogen) atoms. The lowest BCUT2D eigenvalue weighted by molar-refractivity contribution is 0.495. The Morgan fingerprint density at radius 3 is 2.37 bits per heavy atom. The van der Waals surface area contributed by atoms with E-state index in [-0.39, 0.29) is 4.90 Å². The summed E-state index contributed by atoms with van der Waals surface area (Å²) >= 11 is 0. The second-order valence-electron chi connectivity index (χ2n) is 5.01. The van der Waals surface area contributed by atoms with E-state index in [2.05, 4.69) is 10.1 Å². The maximum atomic E-state index is 12.0. The fraction of sp³-hybridized carbons (Fsp3) is 0.538. The van der Waals surface area contributed by atoms with Gasteiger partial charge < -0.3 is 5.43 Å². The number of nitrogens with two attached hydrogens (primary N) is 1. The summed E-state index contributed by atoms with van der Waals surface area (Å²) in [4.78, 5) is 0.276. The van der Waals surface area contributed by atoms with Crippen LogP contribution in [-0.4, -0.2) is 15.0 Å². The lowest BCUT2D eigenvalue weighted by Crippen LogP contribution is -2.26. The molecule has 1 aliphatic rings. The van der Waals surface area contributed by atoms with Crippen molar-refractivity contribution in [2.24, 2.45) is 11.8 Å². The van der Waals surface area contributed by atoms with Crippen molar-refractivity contribution >= 4 is 15.7 Å². The van der Waals surface area contributed by atoms with Crippen LogP contribution >= 0.6 is 0 Å². The quantitative estimate of drug-likeness (QED) is 0.549. The molecule has 0 heterocycles. The van der Waals surface area contributed by atoms with Crippen molar-refractivity contribution in [2.75, 3.05) is 12.0 Å². The molecule has 0 aromatic heterocycles. The minimum Gasteiger partial charge on any atom is -0.324 e. The molecule has 1 saturated carbocycles. The number of nitrogen functional groups attached to an aromatic ring is 1. The zero-order valence-corrected chi connectivity index (χ0v) is 11.7. The smallest absolute Gasteiger partial charge is 0.240 e. The zero-order chi connectivity index (χ0) is 13.7. The van der Waals surface area contributed by atoms with Gasteiger partial charge in [0.05, 0.1) is 4.90 Å². The molecule has 4 N–H and O–H groups in total. The molecule has 0 unspecified atom stereocenters. The van der Waals surface area contributed by atoms with E-state index in [1.807, 2.05) is 0 Å². The van der Waals surface area contributed by atoms with Gasteiger partial charge in [0.2, 0.25) is 10.0 Å². The number of nitrogens with one attached hydrogen (secondary N) is 2. The van der Waals surface area contributed by atoms with E-state index in [1.54, 1.807) is 24.3 Å². The van der Waals surface area contributed by atoms with Crippen LogP contribution in [0.1, 0.15) is 32.1 Å². The fourth-order valence-corrected chi connectivity index (χ4v) is 3.56. The number of sulfonamides is 1. The van der Waals surface area contributed by atoms with E-state index in [0.717, 1.165) is 6.42 Å². The maximum Gasteiger partial charge on any atom is 0.240 e. The van der Waals surface area contributed by atoms with Crippen molar-refractivity contribution in [1.29, 1.82) is 0 Å². The molecule has 106 valence electrons. The van der Waals surface area contributed by atoms with Crippen molar-refractivity contribution in [2.45, 2.75) is 37.0 Å². The topological polar surface area (TPSA) is 84.2 Å². The summed E-state index contributed by atoms with van der Waals surface area (Å²) in [7, 11) is -3.40. The van der Waals surface area contributed by atoms with Gasteiger partial charge in [0, 0.05) is 12.2 Å². The highest BCUT2D eigenvalue weighted by molar-refractivity contribution is 7.89. The summed E-state index contributed by atoms with van der Waals surface area (Å²) in [6.07, 6.45) is 5.97. The van der Waals surface area contributed by atoms with Gasteiger partial charge in [0.1, 0.15) is 0 Å². The Hall–Kier alpha value is -1.11. The molecule has 6 heteroatoms. The molecule has 1 fully saturated rings. The number of hydrogen-bond acceptors (Lipinski definition) is 4. The summed E-state index contributed by atoms with van der Waals surface area (Å²) < 4.78 is 26.7. The summed E-state index contributed by atoms with van der Waals surface area (Å²) in [5, 5.41) is 0. The average molecular weight is 283 g/mol. The highest BCUT2D eigenvalue weighted by Gasteiger charge is 2.17. The van der Waals surface area contributed by atoms with Crippen molar-refractivity contribution in [3.63, 3.8) is 0 Å². The number of hydrazine groups is 1. The third kappa shape index (κ3) is 3.92. The van der Waals surface area contributed by atoms with Crippen LogP contribution in [-0.2, 0) is 10.0 Å². The van der Waals surface area contributed by atoms with Crippen molar-refractivity contribution < 1.29 is 8.42 Å². The van der Waals surface area contributed by atoms with E-state index in [9.17, 15) is 8.42 Å². The fourth-order valence-electron chi connectivity index (χ4n) is 2.51. The molecule has 1 aliphatic carbocycles. The Bertz CT molecular complexity index is 493. The monoisotopic (exact) mass is 283 g/mol. The number of benzene rings is 1. The molecule has 5 nitrogen and oxygen atoms in total. The lowest BCUT2D eigenvalue weighted by Gasteiger charge is -2.10. The van der Waals surface area contributed by atoms with E-state index in [0.29, 0.717) is 18.2 Å². The second-order valence-corrected chi connectivity index (χ2v) is 6.77. The Morgan fingerprint density at radius 2 is 1.79 bits per heavy atom. The molecule has 1 aromatic carbocycles. The number of hydrogen-bond donors (Lipinski definition) is 3. The van der Waals surface area contributed by atoms with Gasteiger partial charge in [0.25, 0.3) is 0 Å². The van der Waals surface area contributed by atoms with Gasteiger partial charge in [-0.1, -0.05) is 25.7 Å². The molecule has 0 spiro atoms. The van der Waals surface area contributed by atoms with Gasteiger partial charge in [0.15, 0.2) is 0 Å². The standard InChI is InChI=1S/C13H21N3O2S/c14-16-12-5-7-13(8-6-12)19(17,18)15-10-9-11-3-1-2-4-11/h5-8,11,15-16H,1-4,9-10,14H2. The predicted octanol–water partition coefficient (Wildman–Crippen LogP) is 1.83. The molecule has 0 radical (unpaired) electrons. The molecule has 0 amide bonds. The van der Waals surface area contributed by atoms with E-state index in [1.165, 1.54) is 25.7 Å². The number of rotatable bonds is 6. The van der Waals surface area contributed by atoms with Gasteiger partial charge in [-0.3, -0.25) is 5.84 Å². The van der Waals surface area contributed by atoms with Crippen LogP contribution in [0.15, 0.2) is 29.2 Å². The molecule has 2 rings (SSSR count). The molecule has 0 bridgehead atoms. The van der Waals surface area contributed by atoms with Crippen molar-refractivity contribution in [3.8, 4) is 0 Å². The highest BCUT2D eigenvalue weighted by Crippen LogP contribution is 2.27. The van der Waals surface area contributed by atoms with E-state index < -0.39 is 10.0 Å². The second kappa shape index (κ2) is 6.36. The number of anilines is 1. The van der Waals surface area contributed by atoms with Crippen LogP contribution in [0.4, 0.5) is 5.69 Å². The van der Waals surface area contributed by atoms with E-state index in [4.69, 9.17) is 5.84 Å². The van der Waals surface area contributed by atoms with Gasteiger partial charge in [-0.25, -0.2) is 13.1 Å². The van der Waals surface area contributed by atoms with Crippen molar-refractivity contribution in [3.05, 3.63) is 24.3 Å². The van der Waals surface area contributed by atoms with E-state index >= 15 is 0 Å². The summed E-state index contributed by atoms with van der Waals surface area (Å²) in [5.41, 5.74) is 3.16. The van der Waals surface area contributed by atoms with Crippen LogP contribution in [0, 0.1) is 5.92 Å². The first kappa shape index (κ1) is 14.3. The maximum absolute atomic E-state index is 12.0. The zero-order valence-electron chi connectivity index (χ0n) is 10.9. The third-order valence-corrected chi connectivity index (χ3v) is 5.13. The molecule has 0 atom stereocenters. The Kier molecular flexibility index (Phi) is 4.79. The van der Waals surface area contributed by atoms with Crippen molar-refractivity contribution in [1.82, 2.24) is 4.72 Å².